The third kappa shape index (κ3) is 4.96. The van der Waals surface area contributed by atoms with E-state index in [-0.39, 0.29) is 5.97 Å². The summed E-state index contributed by atoms with van der Waals surface area (Å²) in [6.45, 7) is 13.6. The number of carbonyl (C=O) groups excluding carboxylic acids is 1. The first-order chi connectivity index (χ1) is 9.84. The van der Waals surface area contributed by atoms with Crippen molar-refractivity contribution < 1.29 is 9.53 Å². The molecule has 0 aromatic heterocycles. The molecule has 1 fully saturated rings. The molecule has 0 amide bonds. The number of hydrogen-bond acceptors (Lipinski definition) is 4. The van der Waals surface area contributed by atoms with E-state index in [2.05, 4.69) is 37.9 Å². The molecule has 0 aliphatic heterocycles. The molecule has 1 N–H and O–H groups in total. The highest BCUT2D eigenvalue weighted by Gasteiger charge is 2.46. The molecule has 4 heteroatoms. The minimum atomic E-state index is -0.479. The summed E-state index contributed by atoms with van der Waals surface area (Å²) < 4.78 is 5.29. The van der Waals surface area contributed by atoms with Crippen molar-refractivity contribution in [2.75, 3.05) is 26.7 Å². The van der Waals surface area contributed by atoms with E-state index in [1.807, 2.05) is 14.0 Å². The monoisotopic (exact) mass is 298 g/mol. The summed E-state index contributed by atoms with van der Waals surface area (Å²) in [6.07, 6.45) is 2.81. The van der Waals surface area contributed by atoms with Crippen LogP contribution in [0.4, 0.5) is 0 Å². The van der Waals surface area contributed by atoms with Crippen molar-refractivity contribution >= 4 is 5.97 Å². The Balaban J connectivity index is 2.77. The Labute approximate surface area is 130 Å². The molecular formula is C17H34N2O2. The third-order valence-corrected chi connectivity index (χ3v) is 4.35. The molecule has 1 aliphatic carbocycles. The van der Waals surface area contributed by atoms with E-state index in [0.717, 1.165) is 32.4 Å². The van der Waals surface area contributed by atoms with Gasteiger partial charge in [-0.15, -0.1) is 0 Å². The Kier molecular flexibility index (Phi) is 7.14. The zero-order valence-corrected chi connectivity index (χ0v) is 14.7. The summed E-state index contributed by atoms with van der Waals surface area (Å²) in [6, 6.07) is 0.478. The van der Waals surface area contributed by atoms with Gasteiger partial charge < -0.3 is 10.1 Å². The molecule has 0 heterocycles. The number of likely N-dealkylation sites (N-methyl/N-ethyl adjacent to an activating group) is 1. The second kappa shape index (κ2) is 8.14. The predicted octanol–water partition coefficient (Wildman–Crippen LogP) is 2.67. The zero-order valence-electron chi connectivity index (χ0n) is 14.7. The second-order valence-electron chi connectivity index (χ2n) is 7.19. The molecule has 1 aliphatic rings. The van der Waals surface area contributed by atoms with Crippen LogP contribution in [0.3, 0.4) is 0 Å². The van der Waals surface area contributed by atoms with E-state index in [0.29, 0.717) is 24.5 Å². The van der Waals surface area contributed by atoms with Gasteiger partial charge >= 0.3 is 5.97 Å². The minimum absolute atomic E-state index is 0.0796. The number of esters is 1. The van der Waals surface area contributed by atoms with Gasteiger partial charge in [-0.25, -0.2) is 0 Å². The van der Waals surface area contributed by atoms with Gasteiger partial charge in [-0.05, 0) is 45.1 Å². The molecule has 4 nitrogen and oxygen atoms in total. The smallest absolute Gasteiger partial charge is 0.326 e. The fourth-order valence-corrected chi connectivity index (χ4v) is 3.43. The molecule has 0 radical (unpaired) electrons. The summed E-state index contributed by atoms with van der Waals surface area (Å²) in [5.41, 5.74) is -0.479. The SMILES string of the molecule is CCOC(=O)C1(NC)CCC(N(CC(C)C)CC(C)C)C1. The molecule has 1 rings (SSSR count). The van der Waals surface area contributed by atoms with Gasteiger partial charge in [0, 0.05) is 19.1 Å². The maximum atomic E-state index is 12.3. The highest BCUT2D eigenvalue weighted by Crippen LogP contribution is 2.34. The maximum absolute atomic E-state index is 12.3. The molecule has 0 aromatic rings. The lowest BCUT2D eigenvalue weighted by Gasteiger charge is -2.33. The van der Waals surface area contributed by atoms with E-state index < -0.39 is 5.54 Å². The van der Waals surface area contributed by atoms with Crippen LogP contribution in [-0.2, 0) is 9.53 Å². The molecular weight excluding hydrogens is 264 g/mol. The van der Waals surface area contributed by atoms with Crippen molar-refractivity contribution in [1.29, 1.82) is 0 Å². The van der Waals surface area contributed by atoms with Crippen molar-refractivity contribution in [2.24, 2.45) is 11.8 Å². The number of ether oxygens (including phenoxy) is 1. The van der Waals surface area contributed by atoms with Crippen molar-refractivity contribution in [3.05, 3.63) is 0 Å². The van der Waals surface area contributed by atoms with Crippen molar-refractivity contribution in [3.8, 4) is 0 Å². The minimum Gasteiger partial charge on any atom is -0.465 e. The van der Waals surface area contributed by atoms with Gasteiger partial charge in [0.15, 0.2) is 0 Å². The normalized spacial score (nSPS) is 26.0. The lowest BCUT2D eigenvalue weighted by atomic mass is 9.97. The highest BCUT2D eigenvalue weighted by molar-refractivity contribution is 5.81. The van der Waals surface area contributed by atoms with Gasteiger partial charge in [0.1, 0.15) is 5.54 Å². The fourth-order valence-electron chi connectivity index (χ4n) is 3.43. The van der Waals surface area contributed by atoms with Gasteiger partial charge in [0.05, 0.1) is 6.61 Å². The fraction of sp³-hybridized carbons (Fsp3) is 0.941. The van der Waals surface area contributed by atoms with Crippen LogP contribution in [0.25, 0.3) is 0 Å². The molecule has 0 bridgehead atoms. The van der Waals surface area contributed by atoms with Gasteiger partial charge in [0.25, 0.3) is 0 Å². The van der Waals surface area contributed by atoms with E-state index in [1.165, 1.54) is 0 Å². The Morgan fingerprint density at radius 1 is 1.29 bits per heavy atom. The van der Waals surface area contributed by atoms with Crippen LogP contribution in [-0.4, -0.2) is 49.2 Å². The Morgan fingerprint density at radius 2 is 1.86 bits per heavy atom. The van der Waals surface area contributed by atoms with Crippen LogP contribution in [0.1, 0.15) is 53.9 Å². The van der Waals surface area contributed by atoms with Gasteiger partial charge in [-0.2, -0.15) is 0 Å². The summed E-state index contributed by atoms with van der Waals surface area (Å²) in [5.74, 6) is 1.22. The molecule has 1 saturated carbocycles. The first kappa shape index (κ1) is 18.4. The van der Waals surface area contributed by atoms with Crippen molar-refractivity contribution in [2.45, 2.75) is 65.5 Å². The van der Waals surface area contributed by atoms with Crippen LogP contribution >= 0.6 is 0 Å². The lowest BCUT2D eigenvalue weighted by Crippen LogP contribution is -2.51. The number of rotatable bonds is 8. The van der Waals surface area contributed by atoms with Gasteiger partial charge in [-0.1, -0.05) is 27.7 Å². The topological polar surface area (TPSA) is 41.6 Å². The summed E-state index contributed by atoms with van der Waals surface area (Å²) in [7, 11) is 1.88. The second-order valence-corrected chi connectivity index (χ2v) is 7.19. The van der Waals surface area contributed by atoms with Gasteiger partial charge in [-0.3, -0.25) is 9.69 Å². The number of carbonyl (C=O) groups is 1. The van der Waals surface area contributed by atoms with Crippen LogP contribution in [0.5, 0.6) is 0 Å². The maximum Gasteiger partial charge on any atom is 0.326 e. The van der Waals surface area contributed by atoms with Crippen LogP contribution < -0.4 is 5.32 Å². The molecule has 0 saturated heterocycles. The van der Waals surface area contributed by atoms with E-state index in [1.54, 1.807) is 0 Å². The molecule has 2 atom stereocenters. The van der Waals surface area contributed by atoms with E-state index in [4.69, 9.17) is 4.74 Å². The zero-order chi connectivity index (χ0) is 16.0. The largest absolute Gasteiger partial charge is 0.465 e. The average molecular weight is 298 g/mol. The lowest BCUT2D eigenvalue weighted by molar-refractivity contribution is -0.151. The highest BCUT2D eigenvalue weighted by atomic mass is 16.5. The Hall–Kier alpha value is -0.610. The van der Waals surface area contributed by atoms with Crippen LogP contribution in [0.15, 0.2) is 0 Å². The molecule has 124 valence electrons. The number of nitrogens with zero attached hydrogens (tertiary/aromatic N) is 1. The molecule has 21 heavy (non-hydrogen) atoms. The summed E-state index contributed by atoms with van der Waals surface area (Å²) >= 11 is 0. The third-order valence-electron chi connectivity index (χ3n) is 4.35. The standard InChI is InChI=1S/C17H34N2O2/c1-7-21-16(20)17(18-6)9-8-15(10-17)19(11-13(2)3)12-14(4)5/h13-15,18H,7-12H2,1-6H3. The van der Waals surface area contributed by atoms with Crippen LogP contribution in [0.2, 0.25) is 0 Å². The Bertz CT molecular complexity index is 321. The summed E-state index contributed by atoms with van der Waals surface area (Å²) in [4.78, 5) is 14.9. The quantitative estimate of drug-likeness (QED) is 0.700. The van der Waals surface area contributed by atoms with Gasteiger partial charge in [0.2, 0.25) is 0 Å². The molecule has 0 aromatic carbocycles. The van der Waals surface area contributed by atoms with Crippen LogP contribution in [0, 0.1) is 11.8 Å². The summed E-state index contributed by atoms with van der Waals surface area (Å²) in [5, 5.41) is 3.25. The molecule has 2 unspecified atom stereocenters. The number of nitrogens with one attached hydrogen (secondary N) is 1. The first-order valence-corrected chi connectivity index (χ1v) is 8.44. The first-order valence-electron chi connectivity index (χ1n) is 8.44. The van der Waals surface area contributed by atoms with E-state index in [9.17, 15) is 4.79 Å². The average Bonchev–Trinajstić information content (AvgIpc) is 2.83. The Morgan fingerprint density at radius 3 is 2.29 bits per heavy atom. The molecule has 0 spiro atoms. The number of hydrogen-bond donors (Lipinski definition) is 1. The predicted molar refractivity (Wildman–Crippen MR) is 87.3 cm³/mol. The van der Waals surface area contributed by atoms with Crippen molar-refractivity contribution in [3.63, 3.8) is 0 Å². The van der Waals surface area contributed by atoms with E-state index >= 15 is 0 Å². The van der Waals surface area contributed by atoms with Crippen molar-refractivity contribution in [1.82, 2.24) is 10.2 Å².